The van der Waals surface area contributed by atoms with Gasteiger partial charge in [-0.1, -0.05) is 76.2 Å². The fraction of sp³-hybridized carbons (Fsp3) is 0.375. The Kier molecular flexibility index (Phi) is 7.87. The van der Waals surface area contributed by atoms with E-state index >= 15 is 0 Å². The molecule has 0 spiro atoms. The van der Waals surface area contributed by atoms with Gasteiger partial charge in [0.15, 0.2) is 0 Å². The van der Waals surface area contributed by atoms with Gasteiger partial charge in [-0.05, 0) is 106 Å². The normalized spacial score (nSPS) is 17.8. The average molecular weight is 583 g/mol. The Balaban J connectivity index is 1.26. The van der Waals surface area contributed by atoms with Gasteiger partial charge in [-0.15, -0.1) is 5.73 Å². The largest absolute Gasteiger partial charge is 0.476 e. The standard InChI is InChI=1S/C40H42N2O2/c1-25(2)33-15-13-31(23-37(33)39-41-17-19-43-39)35-21-27-5-6-28-8-10-30(12-11-29(35)9-7-27)36(22-28)32-14-16-34(26(3)4)38(24-32)40-42-18-20-44-40/h7,9-10,13-16,21,23-26H,5-6,8,11-12,17-20H2,1-4H3. The zero-order chi connectivity index (χ0) is 30.2. The van der Waals surface area contributed by atoms with E-state index in [9.17, 15) is 0 Å². The van der Waals surface area contributed by atoms with E-state index in [2.05, 4.69) is 104 Å². The minimum Gasteiger partial charge on any atom is -0.476 e. The van der Waals surface area contributed by atoms with Crippen molar-refractivity contribution in [1.82, 2.24) is 0 Å². The van der Waals surface area contributed by atoms with Gasteiger partial charge in [0.25, 0.3) is 0 Å². The minimum absolute atomic E-state index is 0.397. The molecule has 10 rings (SSSR count). The lowest BCUT2D eigenvalue weighted by Crippen LogP contribution is -2.09. The van der Waals surface area contributed by atoms with Crippen molar-refractivity contribution < 1.29 is 9.47 Å². The van der Waals surface area contributed by atoms with Gasteiger partial charge < -0.3 is 9.47 Å². The molecule has 0 amide bonds. The van der Waals surface area contributed by atoms with Crippen LogP contribution in [-0.2, 0) is 22.3 Å². The second kappa shape index (κ2) is 12.1. The van der Waals surface area contributed by atoms with E-state index in [0.29, 0.717) is 25.0 Å². The Morgan fingerprint density at radius 2 is 1.32 bits per heavy atom. The number of allylic oxidation sites excluding steroid dienone is 3. The molecule has 224 valence electrons. The van der Waals surface area contributed by atoms with Crippen LogP contribution in [0.1, 0.15) is 97.7 Å². The summed E-state index contributed by atoms with van der Waals surface area (Å²) in [7, 11) is 0. The molecule has 0 radical (unpaired) electrons. The van der Waals surface area contributed by atoms with Gasteiger partial charge in [-0.3, -0.25) is 0 Å². The van der Waals surface area contributed by atoms with Crippen molar-refractivity contribution >= 4 is 17.4 Å². The minimum atomic E-state index is 0.397. The number of aliphatic imine (C=N–C) groups is 2. The summed E-state index contributed by atoms with van der Waals surface area (Å²) in [6.45, 7) is 11.8. The van der Waals surface area contributed by atoms with E-state index in [4.69, 9.17) is 9.47 Å². The summed E-state index contributed by atoms with van der Waals surface area (Å²) in [6, 6.07) is 20.9. The fourth-order valence-corrected chi connectivity index (χ4v) is 6.95. The van der Waals surface area contributed by atoms with Crippen LogP contribution in [0.4, 0.5) is 0 Å². The maximum Gasteiger partial charge on any atom is 0.216 e. The molecule has 4 heteroatoms. The first-order chi connectivity index (χ1) is 21.4. The van der Waals surface area contributed by atoms with Gasteiger partial charge >= 0.3 is 0 Å². The molecular formula is C40H42N2O2. The Hall–Kier alpha value is -4.14. The molecule has 3 aromatic carbocycles. The van der Waals surface area contributed by atoms with Crippen molar-refractivity contribution in [2.75, 3.05) is 26.3 Å². The monoisotopic (exact) mass is 582 g/mol. The van der Waals surface area contributed by atoms with Crippen molar-refractivity contribution in [2.45, 2.75) is 71.6 Å². The van der Waals surface area contributed by atoms with Gasteiger partial charge in [0.1, 0.15) is 13.2 Å². The zero-order valence-corrected chi connectivity index (χ0v) is 26.5. The highest BCUT2D eigenvalue weighted by atomic mass is 16.5. The van der Waals surface area contributed by atoms with Crippen LogP contribution in [-0.4, -0.2) is 38.1 Å². The highest BCUT2D eigenvalue weighted by Gasteiger charge is 2.22. The third-order valence-corrected chi connectivity index (χ3v) is 9.35. The van der Waals surface area contributed by atoms with Crippen LogP contribution in [0.25, 0.3) is 16.7 Å². The van der Waals surface area contributed by atoms with Gasteiger partial charge in [0.05, 0.1) is 13.1 Å². The smallest absolute Gasteiger partial charge is 0.216 e. The van der Waals surface area contributed by atoms with Gasteiger partial charge in [0.2, 0.25) is 11.8 Å². The van der Waals surface area contributed by atoms with Crippen molar-refractivity contribution in [1.29, 1.82) is 0 Å². The van der Waals surface area contributed by atoms with Crippen LogP contribution < -0.4 is 0 Å². The zero-order valence-electron chi connectivity index (χ0n) is 26.5. The molecule has 0 atom stereocenters. The number of ether oxygens (including phenoxy) is 2. The van der Waals surface area contributed by atoms with Crippen LogP contribution in [0.2, 0.25) is 0 Å². The molecule has 3 aromatic rings. The number of hydrogen-bond donors (Lipinski definition) is 0. The quantitative estimate of drug-likeness (QED) is 0.272. The molecule has 0 aromatic heterocycles. The molecule has 7 aliphatic rings. The molecule has 5 aliphatic carbocycles. The number of rotatable bonds is 6. The average Bonchev–Trinajstić information content (AvgIpc) is 3.77. The van der Waals surface area contributed by atoms with Crippen molar-refractivity contribution in [3.63, 3.8) is 0 Å². The fourth-order valence-electron chi connectivity index (χ4n) is 6.95. The second-order valence-corrected chi connectivity index (χ2v) is 13.0. The molecular weight excluding hydrogens is 540 g/mol. The topological polar surface area (TPSA) is 43.2 Å². The lowest BCUT2D eigenvalue weighted by molar-refractivity contribution is 0.348. The number of hydrogen-bond acceptors (Lipinski definition) is 4. The Morgan fingerprint density at radius 3 is 1.95 bits per heavy atom. The Bertz CT molecular complexity index is 1780. The summed E-state index contributed by atoms with van der Waals surface area (Å²) in [4.78, 5) is 9.38. The Morgan fingerprint density at radius 1 is 0.659 bits per heavy atom. The number of nitrogens with zero attached hydrogens (tertiary/aromatic N) is 2. The van der Waals surface area contributed by atoms with Crippen LogP contribution in [0.5, 0.6) is 0 Å². The SMILES string of the molecule is CC(C)c1ccc(C2=C=C3CC=C2CCc2ccc(cc2-c2ccc(C(C)C)c(C4=NCCO4)c2)CC3)cc1C1=NCCO1. The summed E-state index contributed by atoms with van der Waals surface area (Å²) >= 11 is 0. The maximum atomic E-state index is 5.96. The van der Waals surface area contributed by atoms with E-state index in [1.54, 1.807) is 0 Å². The van der Waals surface area contributed by atoms with Crippen molar-refractivity contribution in [3.05, 3.63) is 116 Å². The van der Waals surface area contributed by atoms with Crippen LogP contribution in [0, 0.1) is 0 Å². The highest BCUT2D eigenvalue weighted by molar-refractivity contribution is 5.99. The first-order valence-electron chi connectivity index (χ1n) is 16.4. The van der Waals surface area contributed by atoms with Crippen LogP contribution in [0.15, 0.2) is 87.5 Å². The maximum absolute atomic E-state index is 5.96. The van der Waals surface area contributed by atoms with E-state index in [1.807, 2.05) is 0 Å². The van der Waals surface area contributed by atoms with Gasteiger partial charge in [-0.2, -0.15) is 0 Å². The van der Waals surface area contributed by atoms with Gasteiger partial charge in [-0.25, -0.2) is 9.98 Å². The second-order valence-electron chi connectivity index (χ2n) is 13.0. The molecule has 44 heavy (non-hydrogen) atoms. The van der Waals surface area contributed by atoms with Gasteiger partial charge in [0, 0.05) is 16.7 Å². The number of aryl methyl sites for hydroxylation is 2. The van der Waals surface area contributed by atoms with Crippen molar-refractivity contribution in [3.8, 4) is 11.1 Å². The van der Waals surface area contributed by atoms with E-state index in [1.165, 1.54) is 55.7 Å². The molecule has 4 nitrogen and oxygen atoms in total. The summed E-state index contributed by atoms with van der Waals surface area (Å²) < 4.78 is 11.9. The van der Waals surface area contributed by atoms with E-state index < -0.39 is 0 Å². The van der Waals surface area contributed by atoms with E-state index in [0.717, 1.165) is 68.1 Å². The van der Waals surface area contributed by atoms with E-state index in [-0.39, 0.29) is 0 Å². The first-order valence-corrected chi connectivity index (χ1v) is 16.4. The predicted octanol–water partition coefficient (Wildman–Crippen LogP) is 8.97. The lowest BCUT2D eigenvalue weighted by atomic mass is 9.83. The summed E-state index contributed by atoms with van der Waals surface area (Å²) in [6.07, 6.45) is 7.37. The number of benzene rings is 3. The summed E-state index contributed by atoms with van der Waals surface area (Å²) in [5, 5.41) is 0. The molecule has 0 N–H and O–H groups in total. The lowest BCUT2D eigenvalue weighted by Gasteiger charge is -2.21. The van der Waals surface area contributed by atoms with Crippen LogP contribution in [0.3, 0.4) is 0 Å². The third kappa shape index (κ3) is 5.60. The molecule has 2 aliphatic heterocycles. The molecule has 2 heterocycles. The first kappa shape index (κ1) is 28.6. The van der Waals surface area contributed by atoms with Crippen LogP contribution >= 0.6 is 0 Å². The summed E-state index contributed by atoms with van der Waals surface area (Å²) in [5.74, 6) is 2.38. The molecule has 0 saturated carbocycles. The summed E-state index contributed by atoms with van der Waals surface area (Å²) in [5.41, 5.74) is 19.3. The van der Waals surface area contributed by atoms with Crippen molar-refractivity contribution in [2.24, 2.45) is 9.98 Å². The molecule has 0 unspecified atom stereocenters. The highest BCUT2D eigenvalue weighted by Crippen LogP contribution is 2.37. The third-order valence-electron chi connectivity index (χ3n) is 9.35. The Labute approximate surface area is 261 Å². The molecule has 0 fully saturated rings. The predicted molar refractivity (Wildman–Crippen MR) is 181 cm³/mol. The molecule has 4 bridgehead atoms. The molecule has 0 saturated heterocycles.